The van der Waals surface area contributed by atoms with E-state index in [4.69, 9.17) is 15.2 Å². The van der Waals surface area contributed by atoms with E-state index in [2.05, 4.69) is 6.92 Å². The van der Waals surface area contributed by atoms with Crippen molar-refractivity contribution in [2.45, 2.75) is 57.6 Å². The average Bonchev–Trinajstić information content (AvgIpc) is 2.43. The predicted octanol–water partition coefficient (Wildman–Crippen LogP) is 3.82. The van der Waals surface area contributed by atoms with Gasteiger partial charge in [-0.05, 0) is 18.9 Å². The van der Waals surface area contributed by atoms with Gasteiger partial charge < -0.3 is 15.2 Å². The van der Waals surface area contributed by atoms with E-state index >= 15 is 0 Å². The largest absolute Gasteiger partial charge is 0.497 e. The number of benzene rings is 1. The Hall–Kier alpha value is -1.22. The van der Waals surface area contributed by atoms with E-state index in [1.807, 2.05) is 18.2 Å². The van der Waals surface area contributed by atoms with E-state index in [0.29, 0.717) is 0 Å². The lowest BCUT2D eigenvalue weighted by atomic mass is 9.94. The molecule has 0 saturated heterocycles. The maximum Gasteiger partial charge on any atom is 0.128 e. The van der Waals surface area contributed by atoms with Crippen LogP contribution >= 0.6 is 0 Å². The molecule has 1 aliphatic rings. The molecule has 0 amide bonds. The fourth-order valence-corrected chi connectivity index (χ4v) is 2.66. The lowest BCUT2D eigenvalue weighted by Gasteiger charge is -2.30. The first-order valence-corrected chi connectivity index (χ1v) is 7.34. The Labute approximate surface area is 116 Å². The quantitative estimate of drug-likeness (QED) is 0.794. The van der Waals surface area contributed by atoms with E-state index in [0.717, 1.165) is 29.9 Å². The molecule has 0 aromatic heterocycles. The fraction of sp³-hybridized carbons (Fsp3) is 0.625. The van der Waals surface area contributed by atoms with Crippen molar-refractivity contribution in [3.8, 4) is 11.5 Å². The molecule has 0 spiro atoms. The van der Waals surface area contributed by atoms with Gasteiger partial charge in [-0.1, -0.05) is 32.3 Å². The van der Waals surface area contributed by atoms with Crippen LogP contribution in [0.3, 0.4) is 0 Å². The summed E-state index contributed by atoms with van der Waals surface area (Å²) < 4.78 is 11.3. The molecule has 1 heterocycles. The smallest absolute Gasteiger partial charge is 0.128 e. The maximum atomic E-state index is 6.24. The van der Waals surface area contributed by atoms with Crippen molar-refractivity contribution in [1.29, 1.82) is 0 Å². The first kappa shape index (κ1) is 14.2. The third kappa shape index (κ3) is 3.63. The van der Waals surface area contributed by atoms with Crippen molar-refractivity contribution in [3.63, 3.8) is 0 Å². The molecule has 2 atom stereocenters. The molecule has 19 heavy (non-hydrogen) atoms. The second-order valence-electron chi connectivity index (χ2n) is 5.34. The lowest BCUT2D eigenvalue weighted by Crippen LogP contribution is -2.29. The zero-order valence-electron chi connectivity index (χ0n) is 12.0. The summed E-state index contributed by atoms with van der Waals surface area (Å²) in [6.07, 6.45) is 7.37. The van der Waals surface area contributed by atoms with Crippen LogP contribution in [0.4, 0.5) is 0 Å². The third-order valence-corrected chi connectivity index (χ3v) is 3.81. The Bertz CT molecular complexity index is 406. The second-order valence-corrected chi connectivity index (χ2v) is 5.34. The minimum absolute atomic E-state index is 0.0887. The highest BCUT2D eigenvalue weighted by Gasteiger charge is 2.25. The van der Waals surface area contributed by atoms with Crippen LogP contribution < -0.4 is 15.2 Å². The fourth-order valence-electron chi connectivity index (χ4n) is 2.66. The Morgan fingerprint density at radius 3 is 2.89 bits per heavy atom. The number of hydrogen-bond acceptors (Lipinski definition) is 3. The highest BCUT2D eigenvalue weighted by atomic mass is 16.5. The molecular formula is C16H25NO2. The second kappa shape index (κ2) is 6.80. The average molecular weight is 263 g/mol. The highest BCUT2D eigenvalue weighted by molar-refractivity contribution is 5.43. The molecular weight excluding hydrogens is 238 g/mol. The molecule has 2 N–H and O–H groups in total. The number of methoxy groups -OCH3 is 1. The molecule has 1 aliphatic heterocycles. The summed E-state index contributed by atoms with van der Waals surface area (Å²) in [5.41, 5.74) is 7.34. The molecule has 2 rings (SSSR count). The van der Waals surface area contributed by atoms with Crippen molar-refractivity contribution in [3.05, 3.63) is 23.8 Å². The van der Waals surface area contributed by atoms with Gasteiger partial charge in [-0.3, -0.25) is 0 Å². The van der Waals surface area contributed by atoms with Crippen LogP contribution in [-0.4, -0.2) is 13.2 Å². The van der Waals surface area contributed by atoms with Crippen LogP contribution in [0.1, 0.15) is 57.1 Å². The van der Waals surface area contributed by atoms with Crippen LogP contribution in [0.15, 0.2) is 18.2 Å². The van der Waals surface area contributed by atoms with Crippen molar-refractivity contribution < 1.29 is 9.47 Å². The van der Waals surface area contributed by atoms with E-state index in [9.17, 15) is 0 Å². The number of ether oxygens (including phenoxy) is 2. The standard InChI is InChI=1S/C16H25NO2/c1-3-4-5-6-7-13-10-15(17)14-9-8-12(18-2)11-16(14)19-13/h8-9,11,13,15H,3-7,10,17H2,1-2H3/t13?,15-/m1/s1. The topological polar surface area (TPSA) is 44.5 Å². The SMILES string of the molecule is CCCCCCC1C[C@@H](N)c2ccc(OC)cc2O1. The summed E-state index contributed by atoms with van der Waals surface area (Å²) >= 11 is 0. The van der Waals surface area contributed by atoms with Gasteiger partial charge in [0.15, 0.2) is 0 Å². The van der Waals surface area contributed by atoms with Gasteiger partial charge >= 0.3 is 0 Å². The zero-order valence-corrected chi connectivity index (χ0v) is 12.0. The van der Waals surface area contributed by atoms with Gasteiger partial charge in [-0.25, -0.2) is 0 Å². The minimum atomic E-state index is 0.0887. The molecule has 0 bridgehead atoms. The van der Waals surface area contributed by atoms with Gasteiger partial charge in [0.25, 0.3) is 0 Å². The van der Waals surface area contributed by atoms with E-state index < -0.39 is 0 Å². The van der Waals surface area contributed by atoms with Gasteiger partial charge in [-0.15, -0.1) is 0 Å². The number of unbranched alkanes of at least 4 members (excludes halogenated alkanes) is 3. The first-order valence-electron chi connectivity index (χ1n) is 7.34. The highest BCUT2D eigenvalue weighted by Crippen LogP contribution is 2.37. The predicted molar refractivity (Wildman–Crippen MR) is 77.7 cm³/mol. The summed E-state index contributed by atoms with van der Waals surface area (Å²) in [4.78, 5) is 0. The Balaban J connectivity index is 1.97. The minimum Gasteiger partial charge on any atom is -0.497 e. The molecule has 1 unspecified atom stereocenters. The van der Waals surface area contributed by atoms with E-state index in [1.54, 1.807) is 7.11 Å². The van der Waals surface area contributed by atoms with Crippen LogP contribution in [-0.2, 0) is 0 Å². The summed E-state index contributed by atoms with van der Waals surface area (Å²) in [6.45, 7) is 2.23. The van der Waals surface area contributed by atoms with Crippen LogP contribution in [0.2, 0.25) is 0 Å². The normalized spacial score (nSPS) is 21.6. The third-order valence-electron chi connectivity index (χ3n) is 3.81. The molecule has 0 fully saturated rings. The van der Waals surface area contributed by atoms with Gasteiger partial charge in [0.2, 0.25) is 0 Å². The first-order chi connectivity index (χ1) is 9.24. The Morgan fingerprint density at radius 1 is 1.32 bits per heavy atom. The lowest BCUT2D eigenvalue weighted by molar-refractivity contribution is 0.146. The van der Waals surface area contributed by atoms with Crippen LogP contribution in [0.25, 0.3) is 0 Å². The van der Waals surface area contributed by atoms with Crippen molar-refractivity contribution in [2.75, 3.05) is 7.11 Å². The molecule has 106 valence electrons. The molecule has 0 radical (unpaired) electrons. The molecule has 3 heteroatoms. The summed E-state index contributed by atoms with van der Waals surface area (Å²) in [7, 11) is 1.67. The summed E-state index contributed by atoms with van der Waals surface area (Å²) in [5.74, 6) is 1.73. The Morgan fingerprint density at radius 2 is 2.16 bits per heavy atom. The molecule has 1 aromatic rings. The van der Waals surface area contributed by atoms with Gasteiger partial charge in [0.05, 0.1) is 7.11 Å². The molecule has 0 aliphatic carbocycles. The summed E-state index contributed by atoms with van der Waals surface area (Å²) in [6, 6.07) is 6.01. The number of fused-ring (bicyclic) bond motifs is 1. The van der Waals surface area contributed by atoms with Gasteiger partial charge in [0, 0.05) is 24.1 Å². The van der Waals surface area contributed by atoms with Crippen LogP contribution in [0.5, 0.6) is 11.5 Å². The van der Waals surface area contributed by atoms with Crippen molar-refractivity contribution in [1.82, 2.24) is 0 Å². The van der Waals surface area contributed by atoms with E-state index in [1.165, 1.54) is 25.7 Å². The summed E-state index contributed by atoms with van der Waals surface area (Å²) in [5, 5.41) is 0. The molecule has 3 nitrogen and oxygen atoms in total. The van der Waals surface area contributed by atoms with Gasteiger partial charge in [0.1, 0.15) is 17.6 Å². The Kier molecular flexibility index (Phi) is 5.08. The van der Waals surface area contributed by atoms with Crippen LogP contribution in [0, 0.1) is 0 Å². The number of hydrogen-bond donors (Lipinski definition) is 1. The van der Waals surface area contributed by atoms with E-state index in [-0.39, 0.29) is 12.1 Å². The maximum absolute atomic E-state index is 6.24. The van der Waals surface area contributed by atoms with Crippen molar-refractivity contribution in [2.24, 2.45) is 5.73 Å². The number of nitrogens with two attached hydrogens (primary N) is 1. The zero-order chi connectivity index (χ0) is 13.7. The number of rotatable bonds is 6. The monoisotopic (exact) mass is 263 g/mol. The molecule has 1 aromatic carbocycles. The van der Waals surface area contributed by atoms with Crippen molar-refractivity contribution >= 4 is 0 Å². The molecule has 0 saturated carbocycles. The van der Waals surface area contributed by atoms with Gasteiger partial charge in [-0.2, -0.15) is 0 Å².